The minimum atomic E-state index is 0.285. The predicted molar refractivity (Wildman–Crippen MR) is 123 cm³/mol. The number of guanidine groups is 1. The molecule has 3 heterocycles. The van der Waals surface area contributed by atoms with Gasteiger partial charge in [-0.1, -0.05) is 19.0 Å². The van der Waals surface area contributed by atoms with Crippen LogP contribution in [0.25, 0.3) is 0 Å². The first kappa shape index (κ1) is 23.6. The van der Waals surface area contributed by atoms with E-state index in [2.05, 4.69) is 47.1 Å². The summed E-state index contributed by atoms with van der Waals surface area (Å²) in [5.41, 5.74) is 1.03. The van der Waals surface area contributed by atoms with E-state index in [4.69, 9.17) is 9.52 Å². The summed E-state index contributed by atoms with van der Waals surface area (Å²) in [7, 11) is 0. The zero-order valence-electron chi connectivity index (χ0n) is 19.6. The molecule has 1 aromatic heterocycles. The molecule has 0 spiro atoms. The summed E-state index contributed by atoms with van der Waals surface area (Å²) in [4.78, 5) is 23.9. The Morgan fingerprint density at radius 3 is 2.42 bits per heavy atom. The summed E-state index contributed by atoms with van der Waals surface area (Å²) in [6.45, 7) is 13.7. The standard InChI is InChI=1S/C23H40N6O2/c1-4-19(5-2)21-16-20(31-26-21)17-25-23(24-6-3)29-14-12-27(13-15-29)18-22(30)28-10-8-7-9-11-28/h16,19H,4-15,17-18H2,1-3H3,(H,24,25). The molecule has 1 amide bonds. The van der Waals surface area contributed by atoms with Crippen LogP contribution in [0.3, 0.4) is 0 Å². The third kappa shape index (κ3) is 6.69. The van der Waals surface area contributed by atoms with Gasteiger partial charge in [0.25, 0.3) is 0 Å². The Morgan fingerprint density at radius 1 is 1.06 bits per heavy atom. The lowest BCUT2D eigenvalue weighted by Gasteiger charge is -2.37. The van der Waals surface area contributed by atoms with E-state index >= 15 is 0 Å². The molecular formula is C23H40N6O2. The van der Waals surface area contributed by atoms with E-state index < -0.39 is 0 Å². The molecule has 2 aliphatic rings. The number of aromatic nitrogens is 1. The summed E-state index contributed by atoms with van der Waals surface area (Å²) >= 11 is 0. The van der Waals surface area contributed by atoms with Gasteiger partial charge in [0.2, 0.25) is 5.91 Å². The summed E-state index contributed by atoms with van der Waals surface area (Å²) in [5, 5.41) is 7.65. The van der Waals surface area contributed by atoms with Crippen LogP contribution >= 0.6 is 0 Å². The molecule has 0 radical (unpaired) electrons. The molecule has 0 aromatic carbocycles. The van der Waals surface area contributed by atoms with Crippen LogP contribution in [0.4, 0.5) is 0 Å². The van der Waals surface area contributed by atoms with Gasteiger partial charge in [-0.2, -0.15) is 0 Å². The second kappa shape index (κ2) is 12.1. The summed E-state index contributed by atoms with van der Waals surface area (Å²) in [5.74, 6) is 2.45. The molecule has 0 unspecified atom stereocenters. The largest absolute Gasteiger partial charge is 0.359 e. The number of rotatable bonds is 8. The quantitative estimate of drug-likeness (QED) is 0.503. The first-order valence-corrected chi connectivity index (χ1v) is 12.1. The van der Waals surface area contributed by atoms with Crippen LogP contribution in [0.15, 0.2) is 15.6 Å². The van der Waals surface area contributed by atoms with Gasteiger partial charge in [0.05, 0.1) is 12.2 Å². The van der Waals surface area contributed by atoms with Crippen LogP contribution in [0.1, 0.15) is 70.2 Å². The molecule has 1 aromatic rings. The maximum atomic E-state index is 12.6. The fourth-order valence-corrected chi connectivity index (χ4v) is 4.43. The van der Waals surface area contributed by atoms with E-state index in [1.165, 1.54) is 6.42 Å². The molecule has 174 valence electrons. The second-order valence-electron chi connectivity index (χ2n) is 8.61. The Bertz CT molecular complexity index is 701. The van der Waals surface area contributed by atoms with Crippen molar-refractivity contribution in [3.63, 3.8) is 0 Å². The molecule has 0 atom stereocenters. The first-order valence-electron chi connectivity index (χ1n) is 12.1. The number of aliphatic imine (C=N–C) groups is 1. The van der Waals surface area contributed by atoms with Crippen LogP contribution in [0.5, 0.6) is 0 Å². The Kier molecular flexibility index (Phi) is 9.18. The topological polar surface area (TPSA) is 77.2 Å². The van der Waals surface area contributed by atoms with Gasteiger partial charge >= 0.3 is 0 Å². The van der Waals surface area contributed by atoms with Gasteiger partial charge in [-0.3, -0.25) is 9.69 Å². The average Bonchev–Trinajstić information content (AvgIpc) is 3.27. The Balaban J connectivity index is 1.51. The number of hydrogen-bond acceptors (Lipinski definition) is 5. The van der Waals surface area contributed by atoms with Crippen LogP contribution in [0.2, 0.25) is 0 Å². The molecule has 31 heavy (non-hydrogen) atoms. The third-order valence-electron chi connectivity index (χ3n) is 6.44. The smallest absolute Gasteiger partial charge is 0.236 e. The van der Waals surface area contributed by atoms with Crippen molar-refractivity contribution in [3.8, 4) is 0 Å². The predicted octanol–water partition coefficient (Wildman–Crippen LogP) is 2.67. The van der Waals surface area contributed by atoms with Crippen molar-refractivity contribution < 1.29 is 9.32 Å². The van der Waals surface area contributed by atoms with Gasteiger partial charge in [0, 0.05) is 57.8 Å². The van der Waals surface area contributed by atoms with E-state index in [-0.39, 0.29) is 5.91 Å². The fourth-order valence-electron chi connectivity index (χ4n) is 4.43. The molecule has 2 saturated heterocycles. The van der Waals surface area contributed by atoms with E-state index in [0.717, 1.165) is 88.9 Å². The maximum Gasteiger partial charge on any atom is 0.236 e. The Hall–Kier alpha value is -2.09. The molecular weight excluding hydrogens is 392 g/mol. The van der Waals surface area contributed by atoms with Gasteiger partial charge in [-0.05, 0) is 39.0 Å². The molecule has 1 N–H and O–H groups in total. The van der Waals surface area contributed by atoms with Crippen molar-refractivity contribution in [2.75, 3.05) is 52.4 Å². The van der Waals surface area contributed by atoms with Crippen LogP contribution in [-0.2, 0) is 11.3 Å². The monoisotopic (exact) mass is 432 g/mol. The van der Waals surface area contributed by atoms with Gasteiger partial charge in [0.1, 0.15) is 6.54 Å². The van der Waals surface area contributed by atoms with E-state index in [1.54, 1.807) is 0 Å². The highest BCUT2D eigenvalue weighted by Gasteiger charge is 2.24. The third-order valence-corrected chi connectivity index (χ3v) is 6.44. The fraction of sp³-hybridized carbons (Fsp3) is 0.783. The number of hydrogen-bond donors (Lipinski definition) is 1. The van der Waals surface area contributed by atoms with Crippen molar-refractivity contribution in [1.82, 2.24) is 25.2 Å². The average molecular weight is 433 g/mol. The first-order chi connectivity index (χ1) is 15.1. The molecule has 3 rings (SSSR count). The normalized spacial score (nSPS) is 18.6. The minimum absolute atomic E-state index is 0.285. The number of likely N-dealkylation sites (tertiary alicyclic amines) is 1. The lowest BCUT2D eigenvalue weighted by Crippen LogP contribution is -2.54. The summed E-state index contributed by atoms with van der Waals surface area (Å²) in [6.07, 6.45) is 5.68. The molecule has 8 heteroatoms. The van der Waals surface area contributed by atoms with Crippen molar-refractivity contribution in [2.45, 2.75) is 65.3 Å². The lowest BCUT2D eigenvalue weighted by atomic mass is 9.99. The van der Waals surface area contributed by atoms with E-state index in [9.17, 15) is 4.79 Å². The number of amides is 1. The highest BCUT2D eigenvalue weighted by atomic mass is 16.5. The van der Waals surface area contributed by atoms with Crippen LogP contribution in [0, 0.1) is 0 Å². The lowest BCUT2D eigenvalue weighted by molar-refractivity contribution is -0.133. The SMILES string of the molecule is CCNC(=NCc1cc(C(CC)CC)no1)N1CCN(CC(=O)N2CCCCC2)CC1. The Morgan fingerprint density at radius 2 is 1.77 bits per heavy atom. The number of piperazine rings is 1. The van der Waals surface area contributed by atoms with Crippen LogP contribution in [-0.4, -0.2) is 84.1 Å². The molecule has 0 saturated carbocycles. The van der Waals surface area contributed by atoms with Crippen molar-refractivity contribution in [1.29, 1.82) is 0 Å². The Labute approximate surface area is 187 Å². The maximum absolute atomic E-state index is 12.6. The highest BCUT2D eigenvalue weighted by molar-refractivity contribution is 5.80. The number of nitrogens with one attached hydrogen (secondary N) is 1. The van der Waals surface area contributed by atoms with E-state index in [0.29, 0.717) is 19.0 Å². The van der Waals surface area contributed by atoms with Gasteiger partial charge in [-0.15, -0.1) is 0 Å². The molecule has 2 fully saturated rings. The van der Waals surface area contributed by atoms with E-state index in [1.807, 2.05) is 4.90 Å². The number of piperidine rings is 1. The van der Waals surface area contributed by atoms with Crippen molar-refractivity contribution >= 4 is 11.9 Å². The summed E-state index contributed by atoms with van der Waals surface area (Å²) in [6, 6.07) is 2.05. The van der Waals surface area contributed by atoms with Gasteiger partial charge in [0.15, 0.2) is 11.7 Å². The molecule has 0 bridgehead atoms. The van der Waals surface area contributed by atoms with Crippen molar-refractivity contribution in [3.05, 3.63) is 17.5 Å². The number of carbonyl (C=O) groups excluding carboxylic acids is 1. The number of carbonyl (C=O) groups is 1. The molecule has 0 aliphatic carbocycles. The number of nitrogens with zero attached hydrogens (tertiary/aromatic N) is 5. The minimum Gasteiger partial charge on any atom is -0.359 e. The molecule has 8 nitrogen and oxygen atoms in total. The van der Waals surface area contributed by atoms with Gasteiger partial charge in [-0.25, -0.2) is 4.99 Å². The zero-order valence-corrected chi connectivity index (χ0v) is 19.6. The van der Waals surface area contributed by atoms with Crippen LogP contribution < -0.4 is 5.32 Å². The zero-order chi connectivity index (χ0) is 22.1. The highest BCUT2D eigenvalue weighted by Crippen LogP contribution is 2.22. The van der Waals surface area contributed by atoms with Gasteiger partial charge < -0.3 is 19.6 Å². The molecule has 2 aliphatic heterocycles. The summed E-state index contributed by atoms with van der Waals surface area (Å²) < 4.78 is 5.53. The van der Waals surface area contributed by atoms with Crippen molar-refractivity contribution in [2.24, 2.45) is 4.99 Å². The second-order valence-corrected chi connectivity index (χ2v) is 8.61.